The van der Waals surface area contributed by atoms with Gasteiger partial charge in [-0.3, -0.25) is 9.59 Å². The predicted molar refractivity (Wildman–Crippen MR) is 82.6 cm³/mol. The molecule has 23 heavy (non-hydrogen) atoms. The zero-order chi connectivity index (χ0) is 16.7. The number of hydrogen-bond donors (Lipinski definition) is 2. The highest BCUT2D eigenvalue weighted by Gasteiger charge is 2.29. The summed E-state index contributed by atoms with van der Waals surface area (Å²) in [6, 6.07) is 5.80. The second kappa shape index (κ2) is 8.50. The van der Waals surface area contributed by atoms with Crippen molar-refractivity contribution in [2.45, 2.75) is 32.1 Å². The third-order valence-corrected chi connectivity index (χ3v) is 4.15. The smallest absolute Gasteiger partial charge is 0.306 e. The molecule has 6 heteroatoms. The molecule has 1 fully saturated rings. The number of hydrogen-bond acceptors (Lipinski definition) is 3. The van der Waals surface area contributed by atoms with E-state index in [-0.39, 0.29) is 23.6 Å². The molecular formula is C17H22FNO4. The van der Waals surface area contributed by atoms with Gasteiger partial charge in [-0.2, -0.15) is 0 Å². The average molecular weight is 323 g/mol. The van der Waals surface area contributed by atoms with Crippen molar-refractivity contribution >= 4 is 11.9 Å². The molecule has 1 aliphatic rings. The first-order valence-electron chi connectivity index (χ1n) is 7.95. The number of nitrogens with one attached hydrogen (secondary N) is 1. The summed E-state index contributed by atoms with van der Waals surface area (Å²) in [5.41, 5.74) is 0. The zero-order valence-corrected chi connectivity index (χ0v) is 13.0. The van der Waals surface area contributed by atoms with Crippen molar-refractivity contribution in [1.29, 1.82) is 0 Å². The molecule has 0 aliphatic heterocycles. The van der Waals surface area contributed by atoms with Crippen molar-refractivity contribution in [3.05, 3.63) is 30.1 Å². The first kappa shape index (κ1) is 17.2. The molecule has 0 bridgehead atoms. The Hall–Kier alpha value is -2.11. The van der Waals surface area contributed by atoms with Crippen LogP contribution in [0.5, 0.6) is 5.75 Å². The van der Waals surface area contributed by atoms with Crippen LogP contribution in [-0.2, 0) is 9.59 Å². The number of halogens is 1. The van der Waals surface area contributed by atoms with E-state index in [9.17, 15) is 14.0 Å². The Labute approximate surface area is 134 Å². The van der Waals surface area contributed by atoms with Crippen molar-refractivity contribution < 1.29 is 23.8 Å². The van der Waals surface area contributed by atoms with E-state index in [4.69, 9.17) is 9.84 Å². The lowest BCUT2D eigenvalue weighted by Crippen LogP contribution is -2.35. The quantitative estimate of drug-likeness (QED) is 0.756. The standard InChI is InChI=1S/C17H22FNO4/c18-14-6-8-15(9-7-14)23-11-1-10-19-16(20)12-2-4-13(5-3-12)17(21)22/h6-9,12-13H,1-5,10-11H2,(H,19,20)(H,21,22). The number of aliphatic carboxylic acids is 1. The number of carboxylic acid groups (broad SMARTS) is 1. The lowest BCUT2D eigenvalue weighted by atomic mass is 9.81. The molecule has 0 unspecified atom stereocenters. The van der Waals surface area contributed by atoms with E-state index in [1.54, 1.807) is 12.1 Å². The number of ether oxygens (including phenoxy) is 1. The highest BCUT2D eigenvalue weighted by molar-refractivity contribution is 5.79. The number of amides is 1. The monoisotopic (exact) mass is 323 g/mol. The van der Waals surface area contributed by atoms with E-state index in [2.05, 4.69) is 5.32 Å². The molecule has 1 aliphatic carbocycles. The van der Waals surface area contributed by atoms with Gasteiger partial charge >= 0.3 is 5.97 Å². The Bertz CT molecular complexity index is 524. The van der Waals surface area contributed by atoms with Crippen molar-refractivity contribution in [1.82, 2.24) is 5.32 Å². The number of benzene rings is 1. The second-order valence-corrected chi connectivity index (χ2v) is 5.83. The second-order valence-electron chi connectivity index (χ2n) is 5.83. The van der Waals surface area contributed by atoms with Crippen LogP contribution in [0.15, 0.2) is 24.3 Å². The maximum absolute atomic E-state index is 12.7. The fourth-order valence-corrected chi connectivity index (χ4v) is 2.75. The molecule has 1 aromatic carbocycles. The molecule has 0 spiro atoms. The lowest BCUT2D eigenvalue weighted by Gasteiger charge is -2.25. The summed E-state index contributed by atoms with van der Waals surface area (Å²) >= 11 is 0. The molecule has 2 N–H and O–H groups in total. The molecule has 0 heterocycles. The lowest BCUT2D eigenvalue weighted by molar-refractivity contribution is -0.144. The van der Waals surface area contributed by atoms with E-state index in [0.717, 1.165) is 0 Å². The normalized spacial score (nSPS) is 20.7. The van der Waals surface area contributed by atoms with Gasteiger partial charge in [0.25, 0.3) is 0 Å². The van der Waals surface area contributed by atoms with Crippen LogP contribution in [-0.4, -0.2) is 30.1 Å². The molecule has 2 rings (SSSR count). The molecule has 1 amide bonds. The Balaban J connectivity index is 1.58. The summed E-state index contributed by atoms with van der Waals surface area (Å²) in [5.74, 6) is -0.851. The van der Waals surface area contributed by atoms with Crippen LogP contribution >= 0.6 is 0 Å². The van der Waals surface area contributed by atoms with Gasteiger partial charge in [-0.1, -0.05) is 0 Å². The van der Waals surface area contributed by atoms with E-state index in [1.807, 2.05) is 0 Å². The van der Waals surface area contributed by atoms with Crippen LogP contribution in [0.4, 0.5) is 4.39 Å². The van der Waals surface area contributed by atoms with Crippen LogP contribution in [0, 0.1) is 17.7 Å². The van der Waals surface area contributed by atoms with Gasteiger partial charge in [-0.25, -0.2) is 4.39 Å². The summed E-state index contributed by atoms with van der Waals surface area (Å²) in [5, 5.41) is 11.8. The van der Waals surface area contributed by atoms with Crippen LogP contribution in [0.3, 0.4) is 0 Å². The summed E-state index contributed by atoms with van der Waals surface area (Å²) in [7, 11) is 0. The Morgan fingerprint density at radius 2 is 1.74 bits per heavy atom. The minimum Gasteiger partial charge on any atom is -0.494 e. The Morgan fingerprint density at radius 3 is 2.35 bits per heavy atom. The van der Waals surface area contributed by atoms with Crippen LogP contribution in [0.25, 0.3) is 0 Å². The maximum Gasteiger partial charge on any atom is 0.306 e. The van der Waals surface area contributed by atoms with E-state index in [1.165, 1.54) is 12.1 Å². The number of carbonyl (C=O) groups is 2. The Kier molecular flexibility index (Phi) is 6.38. The van der Waals surface area contributed by atoms with Crippen molar-refractivity contribution in [2.75, 3.05) is 13.2 Å². The largest absolute Gasteiger partial charge is 0.494 e. The van der Waals surface area contributed by atoms with E-state index < -0.39 is 5.97 Å². The van der Waals surface area contributed by atoms with Gasteiger partial charge in [0.05, 0.1) is 12.5 Å². The van der Waals surface area contributed by atoms with Crippen molar-refractivity contribution in [2.24, 2.45) is 11.8 Å². The summed E-state index contributed by atoms with van der Waals surface area (Å²) in [6.45, 7) is 0.955. The molecular weight excluding hydrogens is 301 g/mol. The predicted octanol–water partition coefficient (Wildman–Crippen LogP) is 2.60. The van der Waals surface area contributed by atoms with Crippen molar-refractivity contribution in [3.8, 4) is 5.75 Å². The molecule has 5 nitrogen and oxygen atoms in total. The van der Waals surface area contributed by atoms with Gasteiger partial charge in [-0.05, 0) is 56.4 Å². The summed E-state index contributed by atoms with van der Waals surface area (Å²) in [6.07, 6.45) is 3.07. The van der Waals surface area contributed by atoms with Crippen LogP contribution in [0.1, 0.15) is 32.1 Å². The molecule has 1 aromatic rings. The van der Waals surface area contributed by atoms with Gasteiger partial charge in [0, 0.05) is 12.5 Å². The van der Waals surface area contributed by atoms with Gasteiger partial charge in [0.2, 0.25) is 5.91 Å². The molecule has 126 valence electrons. The summed E-state index contributed by atoms with van der Waals surface area (Å²) in [4.78, 5) is 22.9. The van der Waals surface area contributed by atoms with Gasteiger partial charge < -0.3 is 15.2 Å². The van der Waals surface area contributed by atoms with Crippen LogP contribution < -0.4 is 10.1 Å². The fourth-order valence-electron chi connectivity index (χ4n) is 2.75. The molecule has 0 aromatic heterocycles. The fraction of sp³-hybridized carbons (Fsp3) is 0.529. The minimum atomic E-state index is -0.762. The molecule has 0 saturated heterocycles. The number of rotatable bonds is 7. The first-order valence-corrected chi connectivity index (χ1v) is 7.95. The first-order chi connectivity index (χ1) is 11.1. The van der Waals surface area contributed by atoms with Gasteiger partial charge in [0.1, 0.15) is 11.6 Å². The maximum atomic E-state index is 12.7. The molecule has 1 saturated carbocycles. The molecule has 0 radical (unpaired) electrons. The topological polar surface area (TPSA) is 75.6 Å². The van der Waals surface area contributed by atoms with E-state index >= 15 is 0 Å². The highest BCUT2D eigenvalue weighted by Crippen LogP contribution is 2.28. The number of carbonyl (C=O) groups excluding carboxylic acids is 1. The van der Waals surface area contributed by atoms with E-state index in [0.29, 0.717) is 51.0 Å². The average Bonchev–Trinajstić information content (AvgIpc) is 2.56. The third kappa shape index (κ3) is 5.54. The number of carboxylic acids is 1. The highest BCUT2D eigenvalue weighted by atomic mass is 19.1. The van der Waals surface area contributed by atoms with Crippen LogP contribution in [0.2, 0.25) is 0 Å². The van der Waals surface area contributed by atoms with Crippen molar-refractivity contribution in [3.63, 3.8) is 0 Å². The zero-order valence-electron chi connectivity index (χ0n) is 13.0. The Morgan fingerprint density at radius 1 is 1.13 bits per heavy atom. The van der Waals surface area contributed by atoms with Gasteiger partial charge in [-0.15, -0.1) is 0 Å². The minimum absolute atomic E-state index is 0.00405. The SMILES string of the molecule is O=C(O)C1CCC(C(=O)NCCCOc2ccc(F)cc2)CC1. The third-order valence-electron chi connectivity index (χ3n) is 4.15. The summed E-state index contributed by atoms with van der Waals surface area (Å²) < 4.78 is 18.2. The molecule has 0 atom stereocenters. The van der Waals surface area contributed by atoms with Gasteiger partial charge in [0.15, 0.2) is 0 Å².